The Hall–Kier alpha value is -1.65. The molecule has 0 bridgehead atoms. The molecule has 3 N–H and O–H groups in total. The molecule has 1 aromatic carbocycles. The molecule has 88 valence electrons. The first-order valence-electron chi connectivity index (χ1n) is 5.10. The van der Waals surface area contributed by atoms with E-state index in [9.17, 15) is 4.79 Å². The molecule has 1 heterocycles. The zero-order chi connectivity index (χ0) is 12.4. The average molecular weight is 251 g/mol. The number of hydrogen-bond acceptors (Lipinski definition) is 3. The SMILES string of the molecule is N[C@H](Cc1ccc(Cl)c2cccnc12)C(=O)O. The molecule has 2 aromatic rings. The zero-order valence-corrected chi connectivity index (χ0v) is 9.69. The van der Waals surface area contributed by atoms with Gasteiger partial charge < -0.3 is 10.8 Å². The highest BCUT2D eigenvalue weighted by Crippen LogP contribution is 2.25. The Bertz CT molecular complexity index is 571. The van der Waals surface area contributed by atoms with E-state index in [4.69, 9.17) is 22.4 Å². The number of fused-ring (bicyclic) bond motifs is 1. The number of hydrogen-bond donors (Lipinski definition) is 2. The van der Waals surface area contributed by atoms with Crippen LogP contribution >= 0.6 is 11.6 Å². The number of aliphatic carboxylic acids is 1. The number of halogens is 1. The number of carboxylic acids is 1. The van der Waals surface area contributed by atoms with Crippen LogP contribution in [0.25, 0.3) is 10.9 Å². The van der Waals surface area contributed by atoms with Gasteiger partial charge in [0.2, 0.25) is 0 Å². The second-order valence-electron chi connectivity index (χ2n) is 3.75. The fourth-order valence-electron chi connectivity index (χ4n) is 1.69. The molecule has 4 nitrogen and oxygen atoms in total. The van der Waals surface area contributed by atoms with Crippen molar-refractivity contribution in [1.82, 2.24) is 4.98 Å². The number of pyridine rings is 1. The largest absolute Gasteiger partial charge is 0.480 e. The quantitative estimate of drug-likeness (QED) is 0.872. The molecule has 2 rings (SSSR count). The van der Waals surface area contributed by atoms with Crippen molar-refractivity contribution < 1.29 is 9.90 Å². The smallest absolute Gasteiger partial charge is 0.320 e. The molecule has 0 aliphatic heterocycles. The van der Waals surface area contributed by atoms with Crippen LogP contribution in [-0.4, -0.2) is 22.1 Å². The number of rotatable bonds is 3. The first kappa shape index (κ1) is 11.8. The summed E-state index contributed by atoms with van der Waals surface area (Å²) in [4.78, 5) is 15.0. The number of nitrogens with two attached hydrogens (primary N) is 1. The van der Waals surface area contributed by atoms with Crippen LogP contribution in [0.4, 0.5) is 0 Å². The second-order valence-corrected chi connectivity index (χ2v) is 4.16. The lowest BCUT2D eigenvalue weighted by Gasteiger charge is -2.09. The van der Waals surface area contributed by atoms with Gasteiger partial charge in [0.15, 0.2) is 0 Å². The van der Waals surface area contributed by atoms with Gasteiger partial charge in [-0.2, -0.15) is 0 Å². The molecule has 17 heavy (non-hydrogen) atoms. The molecule has 1 atom stereocenters. The molecule has 5 heteroatoms. The van der Waals surface area contributed by atoms with Crippen LogP contribution in [0.15, 0.2) is 30.5 Å². The topological polar surface area (TPSA) is 76.2 Å². The van der Waals surface area contributed by atoms with Gasteiger partial charge in [0.05, 0.1) is 5.52 Å². The molecule has 0 unspecified atom stereocenters. The van der Waals surface area contributed by atoms with E-state index in [1.54, 1.807) is 24.4 Å². The van der Waals surface area contributed by atoms with Gasteiger partial charge in [-0.1, -0.05) is 17.7 Å². The molecular formula is C12H11ClN2O2. The van der Waals surface area contributed by atoms with Crippen molar-refractivity contribution in [3.05, 3.63) is 41.0 Å². The summed E-state index contributed by atoms with van der Waals surface area (Å²) >= 11 is 6.04. The normalized spacial score (nSPS) is 12.6. The lowest BCUT2D eigenvalue weighted by atomic mass is 10.0. The van der Waals surface area contributed by atoms with Crippen molar-refractivity contribution in [2.45, 2.75) is 12.5 Å². The fourth-order valence-corrected chi connectivity index (χ4v) is 1.90. The number of benzene rings is 1. The third-order valence-electron chi connectivity index (χ3n) is 2.56. The van der Waals surface area contributed by atoms with Gasteiger partial charge in [-0.25, -0.2) is 0 Å². The monoisotopic (exact) mass is 250 g/mol. The average Bonchev–Trinajstić information content (AvgIpc) is 2.33. The van der Waals surface area contributed by atoms with Crippen molar-refractivity contribution in [2.75, 3.05) is 0 Å². The molecular weight excluding hydrogens is 240 g/mol. The first-order chi connectivity index (χ1) is 8.09. The summed E-state index contributed by atoms with van der Waals surface area (Å²) < 4.78 is 0. The second kappa shape index (κ2) is 4.69. The Morgan fingerprint density at radius 2 is 2.24 bits per heavy atom. The third kappa shape index (κ3) is 2.38. The van der Waals surface area contributed by atoms with Crippen LogP contribution in [0.3, 0.4) is 0 Å². The van der Waals surface area contributed by atoms with Crippen LogP contribution in [0.1, 0.15) is 5.56 Å². The van der Waals surface area contributed by atoms with Gasteiger partial charge >= 0.3 is 5.97 Å². The van der Waals surface area contributed by atoms with Gasteiger partial charge in [0, 0.05) is 23.0 Å². The zero-order valence-electron chi connectivity index (χ0n) is 8.93. The Morgan fingerprint density at radius 1 is 1.47 bits per heavy atom. The number of aromatic nitrogens is 1. The van der Waals surface area contributed by atoms with Crippen molar-refractivity contribution in [3.8, 4) is 0 Å². The Kier molecular flexibility index (Phi) is 3.26. The van der Waals surface area contributed by atoms with E-state index in [1.165, 1.54) is 0 Å². The minimum atomic E-state index is -1.02. The summed E-state index contributed by atoms with van der Waals surface area (Å²) in [6, 6.07) is 6.20. The predicted molar refractivity (Wildman–Crippen MR) is 66.1 cm³/mol. The minimum absolute atomic E-state index is 0.236. The maximum atomic E-state index is 10.7. The first-order valence-corrected chi connectivity index (χ1v) is 5.48. The van der Waals surface area contributed by atoms with Gasteiger partial charge in [-0.15, -0.1) is 0 Å². The van der Waals surface area contributed by atoms with E-state index in [1.807, 2.05) is 6.07 Å². The molecule has 0 aliphatic rings. The predicted octanol–water partition coefficient (Wildman–Crippen LogP) is 1.84. The lowest BCUT2D eigenvalue weighted by molar-refractivity contribution is -0.138. The van der Waals surface area contributed by atoms with Crippen molar-refractivity contribution in [2.24, 2.45) is 5.73 Å². The maximum absolute atomic E-state index is 10.7. The molecule has 0 fully saturated rings. The van der Waals surface area contributed by atoms with E-state index in [0.29, 0.717) is 10.5 Å². The summed E-state index contributed by atoms with van der Waals surface area (Å²) in [5.41, 5.74) is 7.01. The molecule has 0 radical (unpaired) electrons. The van der Waals surface area contributed by atoms with Crippen LogP contribution in [0.2, 0.25) is 5.02 Å². The molecule has 0 saturated carbocycles. The molecule has 0 spiro atoms. The number of carbonyl (C=O) groups is 1. The Morgan fingerprint density at radius 3 is 2.94 bits per heavy atom. The van der Waals surface area contributed by atoms with Gasteiger partial charge in [0.1, 0.15) is 6.04 Å². The summed E-state index contributed by atoms with van der Waals surface area (Å²) in [6.45, 7) is 0. The van der Waals surface area contributed by atoms with Crippen molar-refractivity contribution in [1.29, 1.82) is 0 Å². The molecule has 0 saturated heterocycles. The Balaban J connectivity index is 2.48. The summed E-state index contributed by atoms with van der Waals surface area (Å²) in [5, 5.41) is 10.2. The molecule has 0 amide bonds. The summed E-state index contributed by atoms with van der Waals surface area (Å²) in [5.74, 6) is -1.02. The standard InChI is InChI=1S/C12H11ClN2O2/c13-9-4-3-7(6-10(14)12(16)17)11-8(9)2-1-5-15-11/h1-5,10H,6,14H2,(H,16,17)/t10-/m1/s1. The van der Waals surface area contributed by atoms with Crippen LogP contribution < -0.4 is 5.73 Å². The van der Waals surface area contributed by atoms with Crippen molar-refractivity contribution >= 4 is 28.5 Å². The minimum Gasteiger partial charge on any atom is -0.480 e. The van der Waals surface area contributed by atoms with E-state index in [2.05, 4.69) is 4.98 Å². The summed E-state index contributed by atoms with van der Waals surface area (Å²) in [6.07, 6.45) is 1.88. The molecule has 1 aromatic heterocycles. The fraction of sp³-hybridized carbons (Fsp3) is 0.167. The summed E-state index contributed by atoms with van der Waals surface area (Å²) in [7, 11) is 0. The van der Waals surface area contributed by atoms with Crippen LogP contribution in [0.5, 0.6) is 0 Å². The third-order valence-corrected chi connectivity index (χ3v) is 2.89. The van der Waals surface area contributed by atoms with Crippen LogP contribution in [0, 0.1) is 0 Å². The van der Waals surface area contributed by atoms with E-state index < -0.39 is 12.0 Å². The number of carboxylic acid groups (broad SMARTS) is 1. The van der Waals surface area contributed by atoms with Crippen LogP contribution in [-0.2, 0) is 11.2 Å². The lowest BCUT2D eigenvalue weighted by Crippen LogP contribution is -2.32. The molecule has 0 aliphatic carbocycles. The highest BCUT2D eigenvalue weighted by molar-refractivity contribution is 6.35. The maximum Gasteiger partial charge on any atom is 0.320 e. The van der Waals surface area contributed by atoms with Gasteiger partial charge in [0.25, 0.3) is 0 Å². The van der Waals surface area contributed by atoms with Crippen molar-refractivity contribution in [3.63, 3.8) is 0 Å². The van der Waals surface area contributed by atoms with E-state index in [-0.39, 0.29) is 6.42 Å². The van der Waals surface area contributed by atoms with E-state index >= 15 is 0 Å². The van der Waals surface area contributed by atoms with E-state index in [0.717, 1.165) is 10.9 Å². The highest BCUT2D eigenvalue weighted by atomic mass is 35.5. The number of nitrogens with zero attached hydrogens (tertiary/aromatic N) is 1. The van der Waals surface area contributed by atoms with Gasteiger partial charge in [-0.05, 0) is 23.8 Å². The van der Waals surface area contributed by atoms with Gasteiger partial charge in [-0.3, -0.25) is 9.78 Å². The Labute approximate surface area is 103 Å². The highest BCUT2D eigenvalue weighted by Gasteiger charge is 2.15.